The molecule has 0 aliphatic heterocycles. The minimum atomic E-state index is -1.23. The number of thiophene rings is 1. The van der Waals surface area contributed by atoms with Crippen LogP contribution in [0.15, 0.2) is 17.5 Å². The van der Waals surface area contributed by atoms with Crippen molar-refractivity contribution in [2.75, 3.05) is 6.54 Å². The molecule has 0 aliphatic rings. The molecular weight excluding hydrogens is 276 g/mol. The summed E-state index contributed by atoms with van der Waals surface area (Å²) in [4.78, 5) is 26.0. The van der Waals surface area contributed by atoms with Crippen molar-refractivity contribution < 1.29 is 14.7 Å². The number of likely N-dealkylation sites (N-methyl/N-ethyl adjacent to an activating group) is 1. The first-order chi connectivity index (χ1) is 9.34. The molecule has 0 bridgehead atoms. The first-order valence-electron chi connectivity index (χ1n) is 6.69. The van der Waals surface area contributed by atoms with Gasteiger partial charge in [-0.1, -0.05) is 13.0 Å². The van der Waals surface area contributed by atoms with E-state index in [0.717, 1.165) is 11.3 Å². The summed E-state index contributed by atoms with van der Waals surface area (Å²) in [7, 11) is 0. The maximum Gasteiger partial charge on any atom is 0.329 e. The van der Waals surface area contributed by atoms with Gasteiger partial charge in [-0.3, -0.25) is 0 Å². The molecule has 0 fully saturated rings. The van der Waals surface area contributed by atoms with E-state index in [9.17, 15) is 14.7 Å². The van der Waals surface area contributed by atoms with E-state index >= 15 is 0 Å². The Labute approximate surface area is 123 Å². The molecule has 5 nitrogen and oxygen atoms in total. The summed E-state index contributed by atoms with van der Waals surface area (Å²) in [5.74, 6) is -1.02. The lowest BCUT2D eigenvalue weighted by Gasteiger charge is -2.35. The molecule has 0 saturated carbocycles. The van der Waals surface area contributed by atoms with Crippen molar-refractivity contribution in [1.29, 1.82) is 0 Å². The number of nitrogens with one attached hydrogen (secondary N) is 1. The van der Waals surface area contributed by atoms with Gasteiger partial charge in [-0.15, -0.1) is 11.3 Å². The minimum absolute atomic E-state index is 0.0823. The third kappa shape index (κ3) is 3.50. The van der Waals surface area contributed by atoms with Crippen LogP contribution in [0.3, 0.4) is 0 Å². The summed E-state index contributed by atoms with van der Waals surface area (Å²) in [5.41, 5.74) is -1.23. The molecule has 0 saturated heterocycles. The first kappa shape index (κ1) is 16.5. The van der Waals surface area contributed by atoms with E-state index in [2.05, 4.69) is 5.32 Å². The molecule has 1 heterocycles. The zero-order valence-corrected chi connectivity index (χ0v) is 13.2. The van der Waals surface area contributed by atoms with E-state index in [-0.39, 0.29) is 12.1 Å². The molecule has 1 rings (SSSR count). The Kier molecular flexibility index (Phi) is 5.56. The van der Waals surface area contributed by atoms with Gasteiger partial charge in [-0.25, -0.2) is 9.59 Å². The van der Waals surface area contributed by atoms with Crippen LogP contribution in [-0.2, 0) is 4.79 Å². The van der Waals surface area contributed by atoms with E-state index in [1.54, 1.807) is 18.3 Å². The molecule has 1 unspecified atom stereocenters. The van der Waals surface area contributed by atoms with Gasteiger partial charge in [0.05, 0.1) is 6.04 Å². The number of amides is 2. The lowest BCUT2D eigenvalue weighted by Crippen LogP contribution is -2.56. The number of nitrogens with zero attached hydrogens (tertiary/aromatic N) is 1. The fourth-order valence-electron chi connectivity index (χ4n) is 2.00. The molecule has 1 aromatic heterocycles. The van der Waals surface area contributed by atoms with Gasteiger partial charge in [0, 0.05) is 11.4 Å². The zero-order valence-electron chi connectivity index (χ0n) is 12.3. The van der Waals surface area contributed by atoms with Crippen LogP contribution in [0.5, 0.6) is 0 Å². The Hall–Kier alpha value is -1.56. The number of carbonyl (C=O) groups is 2. The molecule has 0 spiro atoms. The third-order valence-electron chi connectivity index (χ3n) is 3.35. The number of rotatable bonds is 6. The third-order valence-corrected chi connectivity index (χ3v) is 4.34. The second kappa shape index (κ2) is 6.74. The highest BCUT2D eigenvalue weighted by Crippen LogP contribution is 2.23. The second-order valence-corrected chi connectivity index (χ2v) is 6.01. The van der Waals surface area contributed by atoms with Gasteiger partial charge in [0.15, 0.2) is 0 Å². The lowest BCUT2D eigenvalue weighted by molar-refractivity contribution is -0.147. The fourth-order valence-corrected chi connectivity index (χ4v) is 2.86. The lowest BCUT2D eigenvalue weighted by atomic mass is 10.0. The Bertz CT molecular complexity index is 457. The smallest absolute Gasteiger partial charge is 0.329 e. The van der Waals surface area contributed by atoms with Crippen molar-refractivity contribution in [3.8, 4) is 0 Å². The molecule has 1 aromatic rings. The SMILES string of the molecule is CCC(NC(=O)N(CC)C(C)(C)C(=O)O)c1cccs1. The average Bonchev–Trinajstić information content (AvgIpc) is 2.89. The molecule has 6 heteroatoms. The van der Waals surface area contributed by atoms with Crippen LogP contribution in [0.25, 0.3) is 0 Å². The minimum Gasteiger partial charge on any atom is -0.480 e. The molecular formula is C14H22N2O3S. The standard InChI is InChI=1S/C14H22N2O3S/c1-5-10(11-8-7-9-20-11)15-13(19)16(6-2)14(3,4)12(17)18/h7-10H,5-6H2,1-4H3,(H,15,19)(H,17,18). The Morgan fingerprint density at radius 1 is 1.45 bits per heavy atom. The molecule has 0 radical (unpaired) electrons. The second-order valence-electron chi connectivity index (χ2n) is 5.03. The number of urea groups is 1. The van der Waals surface area contributed by atoms with Gasteiger partial charge in [0.25, 0.3) is 0 Å². The quantitative estimate of drug-likeness (QED) is 0.848. The number of carboxylic acids is 1. The van der Waals surface area contributed by atoms with E-state index in [1.165, 1.54) is 18.7 Å². The van der Waals surface area contributed by atoms with Gasteiger partial charge in [-0.2, -0.15) is 0 Å². The highest BCUT2D eigenvalue weighted by atomic mass is 32.1. The average molecular weight is 298 g/mol. The highest BCUT2D eigenvalue weighted by Gasteiger charge is 2.37. The van der Waals surface area contributed by atoms with Crippen molar-refractivity contribution in [3.05, 3.63) is 22.4 Å². The predicted octanol–water partition coefficient (Wildman–Crippen LogP) is 3.09. The maximum absolute atomic E-state index is 12.3. The number of carboxylic acid groups (broad SMARTS) is 1. The molecule has 2 N–H and O–H groups in total. The van der Waals surface area contributed by atoms with Crippen molar-refractivity contribution in [2.24, 2.45) is 0 Å². The van der Waals surface area contributed by atoms with Gasteiger partial charge >= 0.3 is 12.0 Å². The van der Waals surface area contributed by atoms with Crippen molar-refractivity contribution >= 4 is 23.3 Å². The summed E-state index contributed by atoms with van der Waals surface area (Å²) in [5, 5.41) is 14.1. The van der Waals surface area contributed by atoms with Crippen LogP contribution >= 0.6 is 11.3 Å². The molecule has 112 valence electrons. The summed E-state index contributed by atoms with van der Waals surface area (Å²) in [6.07, 6.45) is 0.761. The largest absolute Gasteiger partial charge is 0.480 e. The summed E-state index contributed by atoms with van der Waals surface area (Å²) >= 11 is 1.58. The monoisotopic (exact) mass is 298 g/mol. The van der Waals surface area contributed by atoms with E-state index in [1.807, 2.05) is 24.4 Å². The van der Waals surface area contributed by atoms with Gasteiger partial charge in [-0.05, 0) is 38.6 Å². The number of hydrogen-bond donors (Lipinski definition) is 2. The summed E-state index contributed by atoms with van der Waals surface area (Å²) < 4.78 is 0. The Morgan fingerprint density at radius 2 is 2.10 bits per heavy atom. The van der Waals surface area contributed by atoms with E-state index in [0.29, 0.717) is 6.54 Å². The number of hydrogen-bond acceptors (Lipinski definition) is 3. The van der Waals surface area contributed by atoms with Gasteiger partial charge in [0.2, 0.25) is 0 Å². The molecule has 1 atom stereocenters. The maximum atomic E-state index is 12.3. The Morgan fingerprint density at radius 3 is 2.50 bits per heavy atom. The Balaban J connectivity index is 2.85. The van der Waals surface area contributed by atoms with Crippen LogP contribution in [0.1, 0.15) is 45.0 Å². The first-order valence-corrected chi connectivity index (χ1v) is 7.57. The predicted molar refractivity (Wildman–Crippen MR) is 80.0 cm³/mol. The molecule has 20 heavy (non-hydrogen) atoms. The zero-order chi connectivity index (χ0) is 15.3. The van der Waals surface area contributed by atoms with Crippen molar-refractivity contribution in [2.45, 2.75) is 45.7 Å². The number of carbonyl (C=O) groups excluding carboxylic acids is 1. The topological polar surface area (TPSA) is 69.6 Å². The van der Waals surface area contributed by atoms with E-state index < -0.39 is 11.5 Å². The molecule has 0 aliphatic carbocycles. The van der Waals surface area contributed by atoms with Gasteiger partial charge < -0.3 is 15.3 Å². The van der Waals surface area contributed by atoms with Crippen LogP contribution in [0.2, 0.25) is 0 Å². The van der Waals surface area contributed by atoms with Crippen LogP contribution in [-0.4, -0.2) is 34.1 Å². The van der Waals surface area contributed by atoms with Crippen molar-refractivity contribution in [1.82, 2.24) is 10.2 Å². The molecule has 0 aromatic carbocycles. The van der Waals surface area contributed by atoms with Gasteiger partial charge in [0.1, 0.15) is 5.54 Å². The summed E-state index contributed by atoms with van der Waals surface area (Å²) in [6, 6.07) is 3.48. The van der Waals surface area contributed by atoms with Crippen LogP contribution in [0.4, 0.5) is 4.79 Å². The van der Waals surface area contributed by atoms with Crippen LogP contribution in [0, 0.1) is 0 Å². The normalized spacial score (nSPS) is 12.8. The number of aliphatic carboxylic acids is 1. The summed E-state index contributed by atoms with van der Waals surface area (Å²) in [6.45, 7) is 7.17. The van der Waals surface area contributed by atoms with E-state index in [4.69, 9.17) is 0 Å². The fraction of sp³-hybridized carbons (Fsp3) is 0.571. The van der Waals surface area contributed by atoms with Crippen LogP contribution < -0.4 is 5.32 Å². The highest BCUT2D eigenvalue weighted by molar-refractivity contribution is 7.10. The molecule has 2 amide bonds. The van der Waals surface area contributed by atoms with Crippen molar-refractivity contribution in [3.63, 3.8) is 0 Å².